The fraction of sp³-hybridized carbons (Fsp3) is 0.952. The Morgan fingerprint density at radius 2 is 1.89 bits per heavy atom. The first kappa shape index (κ1) is 22.7. The molecule has 27 heavy (non-hydrogen) atoms. The van der Waals surface area contributed by atoms with E-state index in [1.165, 1.54) is 25.9 Å². The minimum absolute atomic E-state index is 0.354. The summed E-state index contributed by atoms with van der Waals surface area (Å²) in [5.74, 6) is 3.36. The number of piperidine rings is 1. The summed E-state index contributed by atoms with van der Waals surface area (Å²) in [6, 6.07) is 0.404. The summed E-state index contributed by atoms with van der Waals surface area (Å²) in [6.07, 6.45) is 6.93. The lowest BCUT2D eigenvalue weighted by atomic mass is 9.92. The van der Waals surface area contributed by atoms with E-state index in [0.29, 0.717) is 11.3 Å². The molecule has 0 radical (unpaired) electrons. The number of nitrogens with one attached hydrogen (secondary N) is 2. The first-order chi connectivity index (χ1) is 13.0. The van der Waals surface area contributed by atoms with Gasteiger partial charge in [0.2, 0.25) is 0 Å². The molecular formula is C21H42N4OS. The molecule has 0 aromatic rings. The molecule has 0 spiro atoms. The standard InChI is InChI=1S/C21H42N4OS/c1-5-22-21(24-19-9-7-10-20(14-19)27(26)6-2)23-11-8-12-25-15-17(3)13-18(4)16-25/h17-20H,5-16H2,1-4H3,(H2,22,23,24). The second-order valence-corrected chi connectivity index (χ2v) is 10.6. The SMILES string of the molecule is CCNC(=NCCCN1CC(C)CC(C)C1)NC1CCCC(S(=O)CC)C1. The van der Waals surface area contributed by atoms with Gasteiger partial charge < -0.3 is 15.5 Å². The summed E-state index contributed by atoms with van der Waals surface area (Å²) < 4.78 is 12.2. The van der Waals surface area contributed by atoms with Gasteiger partial charge in [-0.2, -0.15) is 0 Å². The molecule has 1 aliphatic carbocycles. The van der Waals surface area contributed by atoms with E-state index in [1.807, 2.05) is 6.92 Å². The highest BCUT2D eigenvalue weighted by atomic mass is 32.2. The molecule has 2 aliphatic rings. The zero-order chi connectivity index (χ0) is 19.6. The molecule has 0 bridgehead atoms. The Balaban J connectivity index is 1.77. The van der Waals surface area contributed by atoms with Gasteiger partial charge in [-0.1, -0.05) is 27.2 Å². The monoisotopic (exact) mass is 398 g/mol. The number of nitrogens with zero attached hydrogens (tertiary/aromatic N) is 2. The highest BCUT2D eigenvalue weighted by Crippen LogP contribution is 2.23. The molecule has 5 unspecified atom stereocenters. The van der Waals surface area contributed by atoms with Crippen molar-refractivity contribution >= 4 is 16.8 Å². The fourth-order valence-electron chi connectivity index (χ4n) is 4.72. The summed E-state index contributed by atoms with van der Waals surface area (Å²) in [5.41, 5.74) is 0. The molecule has 6 heteroatoms. The van der Waals surface area contributed by atoms with Gasteiger partial charge in [0.15, 0.2) is 5.96 Å². The Morgan fingerprint density at radius 3 is 2.56 bits per heavy atom. The van der Waals surface area contributed by atoms with Gasteiger partial charge in [-0.15, -0.1) is 0 Å². The Morgan fingerprint density at radius 1 is 1.15 bits per heavy atom. The van der Waals surface area contributed by atoms with Crippen LogP contribution < -0.4 is 10.6 Å². The van der Waals surface area contributed by atoms with E-state index >= 15 is 0 Å². The van der Waals surface area contributed by atoms with Crippen molar-refractivity contribution in [3.8, 4) is 0 Å². The first-order valence-corrected chi connectivity index (χ1v) is 12.5. The molecule has 0 aromatic carbocycles. The second kappa shape index (κ2) is 12.1. The maximum Gasteiger partial charge on any atom is 0.191 e. The smallest absolute Gasteiger partial charge is 0.191 e. The van der Waals surface area contributed by atoms with Crippen LogP contribution in [0.25, 0.3) is 0 Å². The van der Waals surface area contributed by atoms with Crippen molar-refractivity contribution in [2.75, 3.05) is 38.5 Å². The number of rotatable bonds is 8. The minimum atomic E-state index is -0.674. The van der Waals surface area contributed by atoms with E-state index in [2.05, 4.69) is 36.3 Å². The van der Waals surface area contributed by atoms with E-state index in [-0.39, 0.29) is 0 Å². The summed E-state index contributed by atoms with van der Waals surface area (Å²) in [4.78, 5) is 7.42. The van der Waals surface area contributed by atoms with E-state index in [0.717, 1.165) is 68.9 Å². The van der Waals surface area contributed by atoms with Crippen LogP contribution in [0.4, 0.5) is 0 Å². The van der Waals surface area contributed by atoms with Crippen molar-refractivity contribution in [3.05, 3.63) is 0 Å². The molecule has 0 amide bonds. The van der Waals surface area contributed by atoms with Crippen molar-refractivity contribution in [1.82, 2.24) is 15.5 Å². The number of hydrogen-bond acceptors (Lipinski definition) is 3. The molecule has 5 nitrogen and oxygen atoms in total. The molecule has 0 aromatic heterocycles. The van der Waals surface area contributed by atoms with Crippen LogP contribution in [0.2, 0.25) is 0 Å². The molecule has 2 rings (SSSR count). The third-order valence-corrected chi connectivity index (χ3v) is 7.56. The van der Waals surface area contributed by atoms with E-state index in [9.17, 15) is 4.21 Å². The molecule has 5 atom stereocenters. The predicted octanol–water partition coefficient (Wildman–Crippen LogP) is 2.99. The zero-order valence-corrected chi connectivity index (χ0v) is 18.8. The maximum absolute atomic E-state index is 12.2. The average molecular weight is 399 g/mol. The Kier molecular flexibility index (Phi) is 10.1. The summed E-state index contributed by atoms with van der Waals surface area (Å²) in [5, 5.41) is 7.35. The fourth-order valence-corrected chi connectivity index (χ4v) is 6.07. The van der Waals surface area contributed by atoms with Crippen LogP contribution in [0.5, 0.6) is 0 Å². The van der Waals surface area contributed by atoms with Crippen LogP contribution in [0.1, 0.15) is 66.2 Å². The van der Waals surface area contributed by atoms with Crippen molar-refractivity contribution in [3.63, 3.8) is 0 Å². The number of guanidine groups is 1. The highest BCUT2D eigenvalue weighted by Gasteiger charge is 2.26. The van der Waals surface area contributed by atoms with E-state index in [1.54, 1.807) is 0 Å². The van der Waals surface area contributed by atoms with Crippen LogP contribution in [-0.2, 0) is 10.8 Å². The molecular weight excluding hydrogens is 356 g/mol. The topological polar surface area (TPSA) is 56.7 Å². The van der Waals surface area contributed by atoms with Crippen LogP contribution in [0.3, 0.4) is 0 Å². The van der Waals surface area contributed by atoms with E-state index in [4.69, 9.17) is 4.99 Å². The predicted molar refractivity (Wildman–Crippen MR) is 118 cm³/mol. The van der Waals surface area contributed by atoms with Gasteiger partial charge in [0.1, 0.15) is 0 Å². The molecule has 1 aliphatic heterocycles. The minimum Gasteiger partial charge on any atom is -0.357 e. The van der Waals surface area contributed by atoms with Crippen molar-refractivity contribution in [1.29, 1.82) is 0 Å². The second-order valence-electron chi connectivity index (χ2n) is 8.62. The van der Waals surface area contributed by atoms with Crippen molar-refractivity contribution < 1.29 is 4.21 Å². The van der Waals surface area contributed by atoms with E-state index < -0.39 is 10.8 Å². The molecule has 158 valence electrons. The van der Waals surface area contributed by atoms with Gasteiger partial charge in [-0.3, -0.25) is 9.20 Å². The van der Waals surface area contributed by atoms with Gasteiger partial charge in [-0.25, -0.2) is 0 Å². The number of aliphatic imine (C=N–C) groups is 1. The van der Waals surface area contributed by atoms with Gasteiger partial charge in [-0.05, 0) is 57.4 Å². The average Bonchev–Trinajstić information content (AvgIpc) is 2.64. The molecule has 2 fully saturated rings. The van der Waals surface area contributed by atoms with Gasteiger partial charge >= 0.3 is 0 Å². The van der Waals surface area contributed by atoms with Crippen LogP contribution in [0, 0.1) is 11.8 Å². The van der Waals surface area contributed by atoms with Gasteiger partial charge in [0, 0.05) is 54.0 Å². The third kappa shape index (κ3) is 8.10. The number of likely N-dealkylation sites (tertiary alicyclic amines) is 1. The van der Waals surface area contributed by atoms with Gasteiger partial charge in [0.05, 0.1) is 0 Å². The molecule has 1 saturated heterocycles. The first-order valence-electron chi connectivity index (χ1n) is 11.2. The Bertz CT molecular complexity index is 475. The quantitative estimate of drug-likeness (QED) is 0.375. The van der Waals surface area contributed by atoms with Crippen LogP contribution in [-0.4, -0.2) is 64.8 Å². The number of hydrogen-bond donors (Lipinski definition) is 2. The van der Waals surface area contributed by atoms with Crippen molar-refractivity contribution in [2.24, 2.45) is 16.8 Å². The lowest BCUT2D eigenvalue weighted by Gasteiger charge is -2.34. The summed E-state index contributed by atoms with van der Waals surface area (Å²) in [6.45, 7) is 14.3. The van der Waals surface area contributed by atoms with Crippen LogP contribution in [0.15, 0.2) is 4.99 Å². The Labute approximate surface area is 169 Å². The highest BCUT2D eigenvalue weighted by molar-refractivity contribution is 7.85. The Hall–Kier alpha value is -0.620. The van der Waals surface area contributed by atoms with Crippen LogP contribution >= 0.6 is 0 Å². The van der Waals surface area contributed by atoms with Crippen molar-refractivity contribution in [2.45, 2.75) is 77.5 Å². The lowest BCUT2D eigenvalue weighted by molar-refractivity contribution is 0.140. The summed E-state index contributed by atoms with van der Waals surface area (Å²) >= 11 is 0. The van der Waals surface area contributed by atoms with Gasteiger partial charge in [0.25, 0.3) is 0 Å². The third-order valence-electron chi connectivity index (χ3n) is 5.81. The normalized spacial score (nSPS) is 31.5. The summed E-state index contributed by atoms with van der Waals surface area (Å²) in [7, 11) is -0.674. The maximum atomic E-state index is 12.2. The lowest BCUT2D eigenvalue weighted by Crippen LogP contribution is -2.46. The molecule has 2 N–H and O–H groups in total. The molecule has 1 saturated carbocycles. The molecule has 1 heterocycles. The zero-order valence-electron chi connectivity index (χ0n) is 18.0. The largest absolute Gasteiger partial charge is 0.357 e.